The lowest BCUT2D eigenvalue weighted by Crippen LogP contribution is -2.34. The number of furan rings is 1. The third-order valence-electron chi connectivity index (χ3n) is 6.09. The Hall–Kier alpha value is -2.76. The molecule has 35 heavy (non-hydrogen) atoms. The van der Waals surface area contributed by atoms with Gasteiger partial charge in [-0.2, -0.15) is 0 Å². The number of aliphatic imine (C=N–C) groups is 1. The number of sulfonamides is 1. The molecule has 0 saturated heterocycles. The Morgan fingerprint density at radius 1 is 1.23 bits per heavy atom. The molecular weight excluding hydrogens is 493 g/mol. The van der Waals surface area contributed by atoms with Crippen LogP contribution >= 0.6 is 0 Å². The first-order valence-corrected chi connectivity index (χ1v) is 14.8. The molecule has 2 heterocycles. The van der Waals surface area contributed by atoms with Crippen molar-refractivity contribution in [3.05, 3.63) is 53.3 Å². The summed E-state index contributed by atoms with van der Waals surface area (Å²) in [4.78, 5) is 9.96. The molecule has 186 valence electrons. The fourth-order valence-corrected chi connectivity index (χ4v) is 5.79. The van der Waals surface area contributed by atoms with Gasteiger partial charge in [-0.25, -0.2) is 28.1 Å². The van der Waals surface area contributed by atoms with Crippen LogP contribution < -0.4 is 9.79 Å². The topological polar surface area (TPSA) is 101 Å². The second-order valence-electron chi connectivity index (χ2n) is 8.90. The van der Waals surface area contributed by atoms with Gasteiger partial charge in [-0.3, -0.25) is 8.51 Å². The highest BCUT2D eigenvalue weighted by Crippen LogP contribution is 2.48. The van der Waals surface area contributed by atoms with E-state index >= 15 is 0 Å². The largest absolute Gasteiger partial charge is 0.455 e. The maximum Gasteiger partial charge on any atom is 0.232 e. The molecule has 1 aromatic heterocycles. The van der Waals surface area contributed by atoms with Crippen LogP contribution in [0.5, 0.6) is 0 Å². The summed E-state index contributed by atoms with van der Waals surface area (Å²) in [5.74, 6) is 1.04. The summed E-state index contributed by atoms with van der Waals surface area (Å²) in [5.41, 5.74) is 6.07. The number of amidine groups is 1. The molecule has 8 nitrogen and oxygen atoms in total. The van der Waals surface area contributed by atoms with E-state index in [0.717, 1.165) is 30.0 Å². The summed E-state index contributed by atoms with van der Waals surface area (Å²) in [5, 5.41) is 0.756. The zero-order valence-corrected chi connectivity index (χ0v) is 21.2. The Kier molecular flexibility index (Phi) is 6.18. The molecule has 0 radical (unpaired) electrons. The lowest BCUT2D eigenvalue weighted by atomic mass is 10.00. The minimum Gasteiger partial charge on any atom is -0.455 e. The van der Waals surface area contributed by atoms with Crippen LogP contribution in [0, 0.1) is 5.82 Å². The summed E-state index contributed by atoms with van der Waals surface area (Å²) in [6.07, 6.45) is 4.21. The zero-order valence-electron chi connectivity index (χ0n) is 19.6. The normalized spacial score (nSPS) is 19.0. The van der Waals surface area contributed by atoms with E-state index in [1.807, 2.05) is 6.07 Å². The van der Waals surface area contributed by atoms with E-state index in [0.29, 0.717) is 34.0 Å². The van der Waals surface area contributed by atoms with Crippen LogP contribution in [0.25, 0.3) is 22.3 Å². The number of benzene rings is 2. The van der Waals surface area contributed by atoms with E-state index in [1.165, 1.54) is 16.4 Å². The van der Waals surface area contributed by atoms with Gasteiger partial charge in [0.1, 0.15) is 17.2 Å². The van der Waals surface area contributed by atoms with Crippen molar-refractivity contribution in [1.29, 1.82) is 0 Å². The molecule has 2 aromatic carbocycles. The Balaban J connectivity index is 1.75. The average Bonchev–Trinajstić information content (AvgIpc) is 3.44. The van der Waals surface area contributed by atoms with E-state index in [4.69, 9.17) is 9.25 Å². The van der Waals surface area contributed by atoms with Crippen molar-refractivity contribution in [3.63, 3.8) is 0 Å². The lowest BCUT2D eigenvalue weighted by Gasteiger charge is -2.25. The molecule has 1 aliphatic heterocycles. The van der Waals surface area contributed by atoms with E-state index in [-0.39, 0.29) is 24.0 Å². The molecule has 2 unspecified atom stereocenters. The van der Waals surface area contributed by atoms with Gasteiger partial charge < -0.3 is 4.42 Å². The van der Waals surface area contributed by atoms with E-state index in [2.05, 4.69) is 10.5 Å². The number of hydrogen-bond acceptors (Lipinski definition) is 7. The number of nitrogens with one attached hydrogen (secondary N) is 1. The third-order valence-corrected chi connectivity index (χ3v) is 8.02. The first kappa shape index (κ1) is 24.0. The Morgan fingerprint density at radius 3 is 2.51 bits per heavy atom. The highest BCUT2D eigenvalue weighted by atomic mass is 32.2. The number of fused-ring (bicyclic) bond motifs is 1. The molecule has 11 heteroatoms. The molecule has 3 aromatic rings. The third kappa shape index (κ3) is 4.85. The number of nitrogens with zero attached hydrogens (tertiary/aromatic N) is 2. The minimum atomic E-state index is -3.63. The SMILES string of the molecule is CC1N=C(c2c(-c3ccc(F)cc3)oc3cc(N(CCS(C)=O)S(C)(=O)=O)c(C4CC4)cc23)NO1. The molecule has 0 spiro atoms. The molecule has 1 aliphatic carbocycles. The van der Waals surface area contributed by atoms with Gasteiger partial charge in [0.2, 0.25) is 10.0 Å². The quantitative estimate of drug-likeness (QED) is 0.485. The van der Waals surface area contributed by atoms with Crippen molar-refractivity contribution in [2.45, 2.75) is 31.9 Å². The number of hydrogen-bond donors (Lipinski definition) is 1. The van der Waals surface area contributed by atoms with E-state index < -0.39 is 27.1 Å². The number of hydroxylamine groups is 1. The molecule has 1 saturated carbocycles. The smallest absolute Gasteiger partial charge is 0.232 e. The molecule has 1 fully saturated rings. The standard InChI is InChI=1S/C24H26FN3O5S2/c1-14-26-24(27-33-14)22-19-12-18(15-4-5-15)20(28(35(3,30)31)10-11-34(2)29)13-21(19)32-23(22)16-6-8-17(25)9-7-16/h6-9,12-15H,4-5,10-11H2,1-3H3,(H,26,27). The van der Waals surface area contributed by atoms with Crippen molar-refractivity contribution in [3.8, 4) is 11.3 Å². The van der Waals surface area contributed by atoms with Crippen LogP contribution in [-0.4, -0.2) is 49.5 Å². The number of rotatable bonds is 8. The van der Waals surface area contributed by atoms with Gasteiger partial charge in [-0.1, -0.05) is 0 Å². The average molecular weight is 520 g/mol. The fraction of sp³-hybridized carbons (Fsp3) is 0.375. The fourth-order valence-electron chi connectivity index (χ4n) is 4.29. The maximum absolute atomic E-state index is 13.6. The van der Waals surface area contributed by atoms with Crippen LogP contribution in [0.15, 0.2) is 45.8 Å². The van der Waals surface area contributed by atoms with E-state index in [9.17, 15) is 17.0 Å². The highest BCUT2D eigenvalue weighted by molar-refractivity contribution is 7.92. The van der Waals surface area contributed by atoms with Crippen molar-refractivity contribution < 1.29 is 26.3 Å². The summed E-state index contributed by atoms with van der Waals surface area (Å²) >= 11 is 0. The maximum atomic E-state index is 13.6. The van der Waals surface area contributed by atoms with Crippen LogP contribution in [-0.2, 0) is 25.7 Å². The minimum absolute atomic E-state index is 0.102. The van der Waals surface area contributed by atoms with Crippen LogP contribution in [0.3, 0.4) is 0 Å². The Morgan fingerprint density at radius 2 is 1.94 bits per heavy atom. The molecule has 1 N–H and O–H groups in total. The lowest BCUT2D eigenvalue weighted by molar-refractivity contribution is 0.0504. The summed E-state index contributed by atoms with van der Waals surface area (Å²) in [6, 6.07) is 9.65. The summed E-state index contributed by atoms with van der Waals surface area (Å²) in [6.45, 7) is 1.90. The van der Waals surface area contributed by atoms with Crippen molar-refractivity contribution in [2.24, 2.45) is 4.99 Å². The molecular formula is C24H26FN3O5S2. The summed E-state index contributed by atoms with van der Waals surface area (Å²) in [7, 11) is -4.79. The van der Waals surface area contributed by atoms with Crippen molar-refractivity contribution in [1.82, 2.24) is 5.48 Å². The van der Waals surface area contributed by atoms with Gasteiger partial charge in [0.05, 0.1) is 17.5 Å². The molecule has 0 amide bonds. The van der Waals surface area contributed by atoms with Crippen LogP contribution in [0.2, 0.25) is 0 Å². The zero-order chi connectivity index (χ0) is 24.9. The second kappa shape index (κ2) is 9.03. The highest BCUT2D eigenvalue weighted by Gasteiger charge is 2.33. The monoisotopic (exact) mass is 519 g/mol. The molecule has 2 aliphatic rings. The predicted molar refractivity (Wildman–Crippen MR) is 135 cm³/mol. The van der Waals surface area contributed by atoms with Gasteiger partial charge >= 0.3 is 0 Å². The van der Waals surface area contributed by atoms with Gasteiger partial charge in [-0.15, -0.1) is 0 Å². The Labute approximate surface area is 205 Å². The summed E-state index contributed by atoms with van der Waals surface area (Å²) < 4.78 is 58.5. The first-order chi connectivity index (χ1) is 16.6. The predicted octanol–water partition coefficient (Wildman–Crippen LogP) is 3.89. The van der Waals surface area contributed by atoms with Crippen molar-refractivity contribution >= 4 is 43.3 Å². The second-order valence-corrected chi connectivity index (χ2v) is 12.4. The van der Waals surface area contributed by atoms with E-state index in [1.54, 1.807) is 31.4 Å². The molecule has 5 rings (SSSR count). The van der Waals surface area contributed by atoms with Gasteiger partial charge in [-0.05, 0) is 61.6 Å². The van der Waals surface area contributed by atoms with Crippen molar-refractivity contribution in [2.75, 3.05) is 29.1 Å². The van der Waals surface area contributed by atoms with Gasteiger partial charge in [0, 0.05) is 46.4 Å². The van der Waals surface area contributed by atoms with Gasteiger partial charge in [0.25, 0.3) is 0 Å². The van der Waals surface area contributed by atoms with Crippen LogP contribution in [0.1, 0.15) is 36.8 Å². The molecule has 2 atom stereocenters. The van der Waals surface area contributed by atoms with Gasteiger partial charge in [0.15, 0.2) is 12.1 Å². The van der Waals surface area contributed by atoms with Crippen LogP contribution in [0.4, 0.5) is 10.1 Å². The first-order valence-electron chi connectivity index (χ1n) is 11.3. The number of anilines is 1. The molecule has 0 bridgehead atoms. The Bertz CT molecular complexity index is 1450. The number of halogens is 1.